The van der Waals surface area contributed by atoms with Gasteiger partial charge in [0.25, 0.3) is 0 Å². The first kappa shape index (κ1) is 11.0. The average Bonchev–Trinajstić information content (AvgIpc) is 2.40. The Bertz CT molecular complexity index is 302. The lowest BCUT2D eigenvalue weighted by Crippen LogP contribution is -2.48. The van der Waals surface area contributed by atoms with Crippen LogP contribution in [0, 0.1) is 11.3 Å². The first-order valence-corrected chi connectivity index (χ1v) is 6.55. The summed E-state index contributed by atoms with van der Waals surface area (Å²) < 4.78 is 0. The molecular weight excluding hydrogens is 204 g/mol. The fourth-order valence-electron chi connectivity index (χ4n) is 4.27. The quantitative estimate of drug-likeness (QED) is 0.645. The minimum atomic E-state index is -0.998. The summed E-state index contributed by atoms with van der Waals surface area (Å²) in [7, 11) is 0. The van der Waals surface area contributed by atoms with E-state index >= 15 is 0 Å². The van der Waals surface area contributed by atoms with Crippen LogP contribution in [0.4, 0.5) is 0 Å². The molecule has 1 N–H and O–H groups in total. The van der Waals surface area contributed by atoms with Crippen molar-refractivity contribution in [2.45, 2.75) is 70.2 Å². The molecule has 3 aliphatic rings. The van der Waals surface area contributed by atoms with Gasteiger partial charge < -0.3 is 5.11 Å². The monoisotopic (exact) mass is 226 g/mol. The second kappa shape index (κ2) is 3.21. The molecule has 0 amide bonds. The van der Waals surface area contributed by atoms with Gasteiger partial charge in [-0.3, -0.25) is 0 Å². The van der Waals surface area contributed by atoms with Crippen LogP contribution in [0.2, 0.25) is 0 Å². The van der Waals surface area contributed by atoms with Gasteiger partial charge in [-0.15, -0.1) is 0 Å². The Labute approximate surface area is 97.1 Å². The third kappa shape index (κ3) is 1.45. The van der Waals surface area contributed by atoms with Gasteiger partial charge in [-0.2, -0.15) is 0 Å². The van der Waals surface area contributed by atoms with E-state index in [1.165, 1.54) is 19.3 Å². The Morgan fingerprint density at radius 1 is 1.06 bits per heavy atom. The largest absolute Gasteiger partial charge is 0.363 e. The standard InChI is InChI=1S/C13H22O3/c1-11(2)6-4-7-12-9-13(14,16-15-12)8-3-5-10(11)12/h10,14H,3-9H2,1-2H3/t10-,12-,13+/m1/s1. The van der Waals surface area contributed by atoms with Gasteiger partial charge in [0.15, 0.2) is 0 Å². The van der Waals surface area contributed by atoms with Crippen LogP contribution in [0.1, 0.15) is 58.8 Å². The minimum Gasteiger partial charge on any atom is -0.363 e. The number of aliphatic hydroxyl groups is 1. The maximum atomic E-state index is 10.3. The van der Waals surface area contributed by atoms with Crippen molar-refractivity contribution in [2.24, 2.45) is 11.3 Å². The van der Waals surface area contributed by atoms with Crippen molar-refractivity contribution in [3.05, 3.63) is 0 Å². The SMILES string of the molecule is CC1(C)CCC[C@@]23C[C@](O)(CCC[C@H]12)OO3. The highest BCUT2D eigenvalue weighted by molar-refractivity contribution is 5.04. The number of hydrogen-bond donors (Lipinski definition) is 1. The highest BCUT2D eigenvalue weighted by Crippen LogP contribution is 2.58. The second-order valence-corrected chi connectivity index (χ2v) is 6.64. The molecule has 3 rings (SSSR count). The van der Waals surface area contributed by atoms with Crippen LogP contribution in [-0.2, 0) is 9.78 Å². The molecule has 3 nitrogen and oxygen atoms in total. The summed E-state index contributed by atoms with van der Waals surface area (Å²) in [5.41, 5.74) is 0.115. The molecule has 3 fully saturated rings. The van der Waals surface area contributed by atoms with Crippen LogP contribution in [0.25, 0.3) is 0 Å². The summed E-state index contributed by atoms with van der Waals surface area (Å²) in [5.74, 6) is -0.465. The van der Waals surface area contributed by atoms with E-state index in [4.69, 9.17) is 9.78 Å². The highest BCUT2D eigenvalue weighted by Gasteiger charge is 2.60. The summed E-state index contributed by atoms with van der Waals surface area (Å²) in [6.45, 7) is 4.68. The molecule has 2 aliphatic carbocycles. The van der Waals surface area contributed by atoms with Gasteiger partial charge in [0.05, 0.1) is 0 Å². The maximum Gasteiger partial charge on any atom is 0.202 e. The van der Waals surface area contributed by atoms with E-state index in [1.54, 1.807) is 0 Å². The van der Waals surface area contributed by atoms with Crippen molar-refractivity contribution in [2.75, 3.05) is 0 Å². The molecule has 0 aromatic rings. The number of fused-ring (bicyclic) bond motifs is 1. The molecule has 2 saturated carbocycles. The predicted octanol–water partition coefficient (Wildman–Crippen LogP) is 2.78. The van der Waals surface area contributed by atoms with Gasteiger partial charge >= 0.3 is 0 Å². The summed E-state index contributed by atoms with van der Waals surface area (Å²) in [4.78, 5) is 10.9. The number of hydrogen-bond acceptors (Lipinski definition) is 3. The lowest BCUT2D eigenvalue weighted by molar-refractivity contribution is -0.411. The van der Waals surface area contributed by atoms with Gasteiger partial charge in [0.2, 0.25) is 5.79 Å². The zero-order valence-corrected chi connectivity index (χ0v) is 10.3. The minimum absolute atomic E-state index is 0.201. The molecule has 1 saturated heterocycles. The average molecular weight is 226 g/mol. The molecule has 0 unspecified atom stereocenters. The summed E-state index contributed by atoms with van der Waals surface area (Å²) in [6.07, 6.45) is 7.11. The lowest BCUT2D eigenvalue weighted by atomic mass is 9.59. The van der Waals surface area contributed by atoms with Gasteiger partial charge in [0, 0.05) is 12.8 Å². The Balaban J connectivity index is 1.97. The van der Waals surface area contributed by atoms with E-state index in [0.717, 1.165) is 19.3 Å². The van der Waals surface area contributed by atoms with Crippen LogP contribution in [0.3, 0.4) is 0 Å². The van der Waals surface area contributed by atoms with Crippen LogP contribution in [-0.4, -0.2) is 16.5 Å². The van der Waals surface area contributed by atoms with Gasteiger partial charge in [0.1, 0.15) is 5.60 Å². The molecule has 2 bridgehead atoms. The molecule has 1 spiro atoms. The van der Waals surface area contributed by atoms with Crippen molar-refractivity contribution in [3.8, 4) is 0 Å². The topological polar surface area (TPSA) is 38.7 Å². The summed E-state index contributed by atoms with van der Waals surface area (Å²) in [6, 6.07) is 0. The Kier molecular flexibility index (Phi) is 2.21. The zero-order valence-electron chi connectivity index (χ0n) is 10.3. The molecule has 1 heterocycles. The molecule has 3 heteroatoms. The van der Waals surface area contributed by atoms with Crippen LogP contribution >= 0.6 is 0 Å². The first-order valence-electron chi connectivity index (χ1n) is 6.55. The van der Waals surface area contributed by atoms with Crippen molar-refractivity contribution >= 4 is 0 Å². The van der Waals surface area contributed by atoms with E-state index < -0.39 is 5.79 Å². The normalized spacial score (nSPS) is 50.8. The third-order valence-electron chi connectivity index (χ3n) is 5.00. The lowest BCUT2D eigenvalue weighted by Gasteiger charge is -2.48. The molecule has 0 aromatic heterocycles. The molecule has 92 valence electrons. The van der Waals surface area contributed by atoms with E-state index in [2.05, 4.69) is 13.8 Å². The predicted molar refractivity (Wildman–Crippen MR) is 59.4 cm³/mol. The molecule has 0 radical (unpaired) electrons. The first-order chi connectivity index (χ1) is 7.46. The van der Waals surface area contributed by atoms with Crippen molar-refractivity contribution in [1.29, 1.82) is 0 Å². The van der Waals surface area contributed by atoms with Crippen molar-refractivity contribution in [3.63, 3.8) is 0 Å². The number of rotatable bonds is 0. The van der Waals surface area contributed by atoms with Crippen LogP contribution in [0.15, 0.2) is 0 Å². The van der Waals surface area contributed by atoms with E-state index in [9.17, 15) is 5.11 Å². The smallest absolute Gasteiger partial charge is 0.202 e. The summed E-state index contributed by atoms with van der Waals surface area (Å²) in [5, 5.41) is 10.3. The Morgan fingerprint density at radius 3 is 2.69 bits per heavy atom. The van der Waals surface area contributed by atoms with Gasteiger partial charge in [-0.05, 0) is 43.4 Å². The van der Waals surface area contributed by atoms with E-state index in [-0.39, 0.29) is 5.60 Å². The van der Waals surface area contributed by atoms with Crippen molar-refractivity contribution in [1.82, 2.24) is 0 Å². The van der Waals surface area contributed by atoms with Crippen LogP contribution < -0.4 is 0 Å². The van der Waals surface area contributed by atoms with Gasteiger partial charge in [-0.25, -0.2) is 9.78 Å². The second-order valence-electron chi connectivity index (χ2n) is 6.64. The third-order valence-corrected chi connectivity index (χ3v) is 5.00. The zero-order chi connectivity index (χ0) is 11.4. The Hall–Kier alpha value is -0.120. The van der Waals surface area contributed by atoms with Gasteiger partial charge in [-0.1, -0.05) is 13.8 Å². The molecule has 3 atom stereocenters. The maximum absolute atomic E-state index is 10.3. The fraction of sp³-hybridized carbons (Fsp3) is 1.00. The highest BCUT2D eigenvalue weighted by atomic mass is 17.2. The fourth-order valence-corrected chi connectivity index (χ4v) is 4.27. The Morgan fingerprint density at radius 2 is 1.88 bits per heavy atom. The van der Waals surface area contributed by atoms with Crippen molar-refractivity contribution < 1.29 is 14.9 Å². The van der Waals surface area contributed by atoms with E-state index in [1.807, 2.05) is 0 Å². The summed E-state index contributed by atoms with van der Waals surface area (Å²) >= 11 is 0. The van der Waals surface area contributed by atoms with E-state index in [0.29, 0.717) is 17.8 Å². The van der Waals surface area contributed by atoms with Crippen LogP contribution in [0.5, 0.6) is 0 Å². The molecule has 1 aliphatic heterocycles. The molecule has 0 aromatic carbocycles. The molecule has 16 heavy (non-hydrogen) atoms. The molecular formula is C13H22O3.